The van der Waals surface area contributed by atoms with Crippen LogP contribution in [0.5, 0.6) is 0 Å². The maximum atomic E-state index is 10.7. The van der Waals surface area contributed by atoms with E-state index in [1.807, 2.05) is 11.5 Å². The number of carbonyl (C=O) groups is 1. The first-order valence-corrected chi connectivity index (χ1v) is 11.4. The summed E-state index contributed by atoms with van der Waals surface area (Å²) < 4.78 is 5.24. The van der Waals surface area contributed by atoms with Crippen molar-refractivity contribution in [1.82, 2.24) is 19.1 Å². The van der Waals surface area contributed by atoms with Gasteiger partial charge in [0.15, 0.2) is 10.4 Å². The van der Waals surface area contributed by atoms with Gasteiger partial charge >= 0.3 is 5.82 Å². The van der Waals surface area contributed by atoms with Crippen LogP contribution in [0.3, 0.4) is 0 Å². The summed E-state index contributed by atoms with van der Waals surface area (Å²) in [5, 5.41) is 18.1. The van der Waals surface area contributed by atoms with Crippen LogP contribution in [-0.4, -0.2) is 35.1 Å². The van der Waals surface area contributed by atoms with E-state index in [2.05, 4.69) is 87.9 Å². The van der Waals surface area contributed by atoms with Crippen molar-refractivity contribution in [3.8, 4) is 0 Å². The first kappa shape index (κ1) is 33.7. The van der Waals surface area contributed by atoms with Gasteiger partial charge in [-0.2, -0.15) is 0 Å². The standard InChI is InChI=1S/C9H14BrN3O2.C9H16BrN3.C2H4O2.Fe/c1-6-11-8(13(14)15)7(10)12(6)5-9(2,3)4;1-6-12-8(11)7(10)13(6)5-9(2,3)4;1-2(3)4;/h5H2,1-4H3;5,11H2,1-4H3;1H3,(H,3,4);. The van der Waals surface area contributed by atoms with Crippen LogP contribution >= 0.6 is 31.9 Å². The van der Waals surface area contributed by atoms with Gasteiger partial charge in [-0.05, 0) is 59.5 Å². The molecule has 0 saturated carbocycles. The Hall–Kier alpha value is -1.43. The number of aromatic nitrogens is 4. The summed E-state index contributed by atoms with van der Waals surface area (Å²) in [5.41, 5.74) is 5.98. The number of hydrogen-bond donors (Lipinski definition) is 2. The molecule has 0 aliphatic heterocycles. The van der Waals surface area contributed by atoms with Gasteiger partial charge in [0.05, 0.1) is 0 Å². The minimum atomic E-state index is -0.833. The van der Waals surface area contributed by atoms with E-state index in [0.717, 1.165) is 23.9 Å². The van der Waals surface area contributed by atoms with Crippen LogP contribution in [0.1, 0.15) is 60.1 Å². The van der Waals surface area contributed by atoms with E-state index in [4.69, 9.17) is 15.6 Å². The Labute approximate surface area is 222 Å². The number of aryl methyl sites for hydroxylation is 2. The molecule has 2 rings (SSSR count). The van der Waals surface area contributed by atoms with E-state index < -0.39 is 10.9 Å². The molecule has 2 aromatic rings. The SMILES string of the molecule is CC(=O)O.Cc1nc(N)c(Br)n1CC(C)(C)C.Cc1nc([N+](=O)[O-])c(Br)n1CC(C)(C)C.[Fe]. The number of aliphatic carboxylic acids is 1. The molecule has 0 atom stereocenters. The van der Waals surface area contributed by atoms with Gasteiger partial charge in [0.2, 0.25) is 5.82 Å². The summed E-state index contributed by atoms with van der Waals surface area (Å²) in [4.78, 5) is 27.3. The van der Waals surface area contributed by atoms with E-state index in [-0.39, 0.29) is 33.7 Å². The van der Waals surface area contributed by atoms with Crippen LogP contribution in [0.4, 0.5) is 11.6 Å². The number of nitrogens with zero attached hydrogens (tertiary/aromatic N) is 5. The Kier molecular flexibility index (Phi) is 13.8. The van der Waals surface area contributed by atoms with E-state index in [1.165, 1.54) is 0 Å². The van der Waals surface area contributed by atoms with Crippen LogP contribution in [0.2, 0.25) is 0 Å². The van der Waals surface area contributed by atoms with Crippen LogP contribution in [0, 0.1) is 34.8 Å². The zero-order chi connectivity index (χ0) is 25.6. The molecule has 0 amide bonds. The van der Waals surface area contributed by atoms with Gasteiger partial charge in [0, 0.05) is 44.0 Å². The Morgan fingerprint density at radius 2 is 1.33 bits per heavy atom. The fourth-order valence-corrected chi connectivity index (χ4v) is 3.60. The van der Waals surface area contributed by atoms with Gasteiger partial charge < -0.3 is 25.5 Å². The number of carboxylic acid groups (broad SMARTS) is 1. The molecule has 0 aromatic carbocycles. The predicted octanol–water partition coefficient (Wildman–Crippen LogP) is 5.58. The predicted molar refractivity (Wildman–Crippen MR) is 133 cm³/mol. The Morgan fingerprint density at radius 1 is 1.00 bits per heavy atom. The maximum Gasteiger partial charge on any atom is 0.396 e. The number of nitro groups is 1. The van der Waals surface area contributed by atoms with Crippen molar-refractivity contribution in [3.63, 3.8) is 0 Å². The molecule has 0 radical (unpaired) electrons. The third-order valence-corrected chi connectivity index (χ3v) is 5.26. The molecule has 0 unspecified atom stereocenters. The Bertz CT molecular complexity index is 942. The van der Waals surface area contributed by atoms with E-state index >= 15 is 0 Å². The normalized spacial score (nSPS) is 10.9. The molecule has 0 saturated heterocycles. The average molecular weight is 638 g/mol. The van der Waals surface area contributed by atoms with Crippen molar-refractivity contribution in [2.24, 2.45) is 10.8 Å². The summed E-state index contributed by atoms with van der Waals surface area (Å²) in [6.45, 7) is 19.2. The smallest absolute Gasteiger partial charge is 0.396 e. The van der Waals surface area contributed by atoms with Crippen molar-refractivity contribution in [2.45, 2.75) is 75.4 Å². The second kappa shape index (κ2) is 13.5. The second-order valence-electron chi connectivity index (χ2n) is 9.68. The minimum absolute atomic E-state index is 0. The third-order valence-electron chi connectivity index (χ3n) is 3.64. The van der Waals surface area contributed by atoms with Gasteiger partial charge in [0.1, 0.15) is 10.4 Å². The molecular formula is C20H34Br2FeN6O4. The summed E-state index contributed by atoms with van der Waals surface area (Å²) in [6.07, 6.45) is 0. The molecule has 0 bridgehead atoms. The van der Waals surface area contributed by atoms with Gasteiger partial charge in [-0.15, -0.1) is 0 Å². The number of nitrogens with two attached hydrogens (primary N) is 1. The number of imidazole rings is 2. The maximum absolute atomic E-state index is 10.7. The Balaban J connectivity index is 0. The number of nitrogen functional groups attached to an aromatic ring is 1. The van der Waals surface area contributed by atoms with Crippen LogP contribution in [-0.2, 0) is 35.0 Å². The summed E-state index contributed by atoms with van der Waals surface area (Å²) in [7, 11) is 0. The second-order valence-corrected chi connectivity index (χ2v) is 11.2. The molecule has 0 aliphatic rings. The Morgan fingerprint density at radius 3 is 1.58 bits per heavy atom. The molecule has 2 heterocycles. The number of carboxylic acids is 1. The number of hydrogen-bond acceptors (Lipinski definition) is 6. The number of anilines is 1. The van der Waals surface area contributed by atoms with Crippen LogP contribution in [0.25, 0.3) is 0 Å². The van der Waals surface area contributed by atoms with Gasteiger partial charge in [-0.1, -0.05) is 41.5 Å². The van der Waals surface area contributed by atoms with E-state index in [9.17, 15) is 10.1 Å². The first-order valence-electron chi connectivity index (χ1n) is 9.81. The molecular weight excluding hydrogens is 604 g/mol. The molecule has 0 aliphatic carbocycles. The van der Waals surface area contributed by atoms with Crippen molar-refractivity contribution in [1.29, 1.82) is 0 Å². The molecule has 2 aromatic heterocycles. The van der Waals surface area contributed by atoms with Gasteiger partial charge in [-0.3, -0.25) is 9.36 Å². The first-order chi connectivity index (χ1) is 14.3. The van der Waals surface area contributed by atoms with Crippen LogP contribution < -0.4 is 5.73 Å². The largest absolute Gasteiger partial charge is 0.481 e. The van der Waals surface area contributed by atoms with Crippen molar-refractivity contribution >= 4 is 49.5 Å². The van der Waals surface area contributed by atoms with E-state index in [0.29, 0.717) is 22.8 Å². The molecule has 13 heteroatoms. The van der Waals surface area contributed by atoms with Crippen LogP contribution in [0.15, 0.2) is 9.21 Å². The van der Waals surface area contributed by atoms with E-state index in [1.54, 1.807) is 6.92 Å². The molecule has 0 spiro atoms. The van der Waals surface area contributed by atoms with Crippen molar-refractivity contribution < 1.29 is 31.9 Å². The molecule has 33 heavy (non-hydrogen) atoms. The number of halogens is 2. The fraction of sp³-hybridized carbons (Fsp3) is 0.650. The monoisotopic (exact) mass is 636 g/mol. The summed E-state index contributed by atoms with van der Waals surface area (Å²) in [5.74, 6) is 1.24. The molecule has 10 nitrogen and oxygen atoms in total. The zero-order valence-corrected chi connectivity index (χ0v) is 24.8. The van der Waals surface area contributed by atoms with Gasteiger partial charge in [0.25, 0.3) is 5.97 Å². The fourth-order valence-electron chi connectivity index (χ4n) is 2.52. The topological polar surface area (TPSA) is 142 Å². The van der Waals surface area contributed by atoms with Crippen molar-refractivity contribution in [3.05, 3.63) is 31.0 Å². The number of rotatable bonds is 3. The average Bonchev–Trinajstić information content (AvgIpc) is 2.97. The molecule has 0 fully saturated rings. The molecule has 3 N–H and O–H groups in total. The summed E-state index contributed by atoms with van der Waals surface area (Å²) in [6, 6.07) is 0. The molecule has 190 valence electrons. The van der Waals surface area contributed by atoms with Gasteiger partial charge in [-0.25, -0.2) is 4.98 Å². The summed E-state index contributed by atoms with van der Waals surface area (Å²) >= 11 is 6.64. The quantitative estimate of drug-likeness (QED) is 0.254. The van der Waals surface area contributed by atoms with Crippen molar-refractivity contribution in [2.75, 3.05) is 5.73 Å². The zero-order valence-electron chi connectivity index (χ0n) is 20.5. The third kappa shape index (κ3) is 12.6. The minimum Gasteiger partial charge on any atom is -0.481 e.